The van der Waals surface area contributed by atoms with Gasteiger partial charge in [-0.15, -0.1) is 22.7 Å². The first kappa shape index (κ1) is 21.7. The van der Waals surface area contributed by atoms with Gasteiger partial charge in [0.15, 0.2) is 0 Å². The Hall–Kier alpha value is -2.00. The summed E-state index contributed by atoms with van der Waals surface area (Å²) in [4.78, 5) is 17.4. The lowest BCUT2D eigenvalue weighted by molar-refractivity contribution is 0.0733. The standard InChI is InChI=1S/C21H24N2O3S3/c1-3-23(4-2)29(25,26)20-11-9-17(10-12-20)21(24)22(15-18-7-5-13-27-18)16-19-8-6-14-28-19/h5-14H,3-4,15-16H2,1-2H3. The summed E-state index contributed by atoms with van der Waals surface area (Å²) in [5.74, 6) is -0.112. The van der Waals surface area contributed by atoms with Crippen molar-refractivity contribution in [1.82, 2.24) is 9.21 Å². The highest BCUT2D eigenvalue weighted by molar-refractivity contribution is 7.89. The van der Waals surface area contributed by atoms with Crippen LogP contribution in [0.4, 0.5) is 0 Å². The Morgan fingerprint density at radius 3 is 1.79 bits per heavy atom. The largest absolute Gasteiger partial charge is 0.328 e. The third-order valence-corrected chi connectivity index (χ3v) is 8.37. The van der Waals surface area contributed by atoms with Gasteiger partial charge in [-0.2, -0.15) is 4.31 Å². The fourth-order valence-electron chi connectivity index (χ4n) is 3.05. The highest BCUT2D eigenvalue weighted by Gasteiger charge is 2.23. The number of hydrogen-bond acceptors (Lipinski definition) is 5. The van der Waals surface area contributed by atoms with Gasteiger partial charge in [-0.05, 0) is 47.2 Å². The molecule has 0 fully saturated rings. The topological polar surface area (TPSA) is 57.7 Å². The van der Waals surface area contributed by atoms with Crippen LogP contribution in [0.25, 0.3) is 0 Å². The molecule has 0 spiro atoms. The average molecular weight is 449 g/mol. The minimum Gasteiger partial charge on any atom is -0.328 e. The van der Waals surface area contributed by atoms with E-state index in [1.54, 1.807) is 39.7 Å². The first-order chi connectivity index (χ1) is 14.0. The number of carbonyl (C=O) groups excluding carboxylic acids is 1. The van der Waals surface area contributed by atoms with Crippen molar-refractivity contribution < 1.29 is 13.2 Å². The van der Waals surface area contributed by atoms with Crippen LogP contribution in [0, 0.1) is 0 Å². The summed E-state index contributed by atoms with van der Waals surface area (Å²) in [7, 11) is -3.53. The maximum absolute atomic E-state index is 13.2. The molecular weight excluding hydrogens is 424 g/mol. The molecule has 0 aliphatic rings. The van der Waals surface area contributed by atoms with Gasteiger partial charge in [0.1, 0.15) is 0 Å². The average Bonchev–Trinajstić information content (AvgIpc) is 3.42. The van der Waals surface area contributed by atoms with Crippen LogP contribution in [0.15, 0.2) is 64.2 Å². The van der Waals surface area contributed by atoms with E-state index in [4.69, 9.17) is 0 Å². The summed E-state index contributed by atoms with van der Waals surface area (Å²) < 4.78 is 26.7. The fraction of sp³-hybridized carbons (Fsp3) is 0.286. The lowest BCUT2D eigenvalue weighted by Gasteiger charge is -2.22. The van der Waals surface area contributed by atoms with Crippen LogP contribution in [0.1, 0.15) is 34.0 Å². The number of sulfonamides is 1. The first-order valence-electron chi connectivity index (χ1n) is 9.40. The van der Waals surface area contributed by atoms with E-state index in [-0.39, 0.29) is 10.8 Å². The summed E-state index contributed by atoms with van der Waals surface area (Å²) in [5, 5.41) is 3.99. The van der Waals surface area contributed by atoms with Crippen molar-refractivity contribution in [2.24, 2.45) is 0 Å². The van der Waals surface area contributed by atoms with Crippen molar-refractivity contribution in [1.29, 1.82) is 0 Å². The maximum atomic E-state index is 13.2. The van der Waals surface area contributed by atoms with Gasteiger partial charge in [0.2, 0.25) is 10.0 Å². The molecule has 0 radical (unpaired) electrons. The van der Waals surface area contributed by atoms with Crippen LogP contribution in [-0.2, 0) is 23.1 Å². The monoisotopic (exact) mass is 448 g/mol. The number of amides is 1. The Morgan fingerprint density at radius 1 is 0.862 bits per heavy atom. The van der Waals surface area contributed by atoms with E-state index >= 15 is 0 Å². The Balaban J connectivity index is 1.83. The SMILES string of the molecule is CCN(CC)S(=O)(=O)c1ccc(C(=O)N(Cc2cccs2)Cc2cccs2)cc1. The molecule has 2 heterocycles. The van der Waals surface area contributed by atoms with Crippen LogP contribution < -0.4 is 0 Å². The molecule has 1 aromatic carbocycles. The lowest BCUT2D eigenvalue weighted by atomic mass is 10.2. The zero-order valence-corrected chi connectivity index (χ0v) is 18.9. The third kappa shape index (κ3) is 5.14. The molecule has 0 unspecified atom stereocenters. The summed E-state index contributed by atoms with van der Waals surface area (Å²) >= 11 is 3.23. The van der Waals surface area contributed by atoms with Gasteiger partial charge in [-0.3, -0.25) is 4.79 Å². The molecule has 154 valence electrons. The molecule has 0 atom stereocenters. The van der Waals surface area contributed by atoms with Crippen LogP contribution >= 0.6 is 22.7 Å². The third-order valence-electron chi connectivity index (χ3n) is 4.59. The Kier molecular flexibility index (Phi) is 7.23. The van der Waals surface area contributed by atoms with Crippen LogP contribution in [0.3, 0.4) is 0 Å². The molecule has 0 N–H and O–H groups in total. The van der Waals surface area contributed by atoms with Gasteiger partial charge in [-0.1, -0.05) is 26.0 Å². The van der Waals surface area contributed by atoms with Crippen molar-refractivity contribution in [3.8, 4) is 0 Å². The van der Waals surface area contributed by atoms with Crippen molar-refractivity contribution in [3.05, 3.63) is 74.6 Å². The predicted molar refractivity (Wildman–Crippen MR) is 119 cm³/mol. The van der Waals surface area contributed by atoms with Gasteiger partial charge in [0.05, 0.1) is 18.0 Å². The Labute approximate surface area is 180 Å². The zero-order chi connectivity index (χ0) is 20.9. The number of nitrogens with zero attached hydrogens (tertiary/aromatic N) is 2. The van der Waals surface area contributed by atoms with Crippen LogP contribution in [0.5, 0.6) is 0 Å². The van der Waals surface area contributed by atoms with Crippen molar-refractivity contribution in [2.75, 3.05) is 13.1 Å². The zero-order valence-electron chi connectivity index (χ0n) is 16.4. The van der Waals surface area contributed by atoms with Gasteiger partial charge in [0, 0.05) is 28.4 Å². The molecule has 8 heteroatoms. The van der Waals surface area contributed by atoms with Crippen LogP contribution in [-0.4, -0.2) is 36.6 Å². The number of hydrogen-bond donors (Lipinski definition) is 0. The molecule has 0 saturated heterocycles. The number of thiophene rings is 2. The Morgan fingerprint density at radius 2 is 1.38 bits per heavy atom. The smallest absolute Gasteiger partial charge is 0.254 e. The molecule has 3 aromatic rings. The molecular formula is C21H24N2O3S3. The van der Waals surface area contributed by atoms with E-state index in [9.17, 15) is 13.2 Å². The highest BCUT2D eigenvalue weighted by atomic mass is 32.2. The fourth-order valence-corrected chi connectivity index (χ4v) is 5.94. The molecule has 0 aliphatic heterocycles. The minimum atomic E-state index is -3.53. The minimum absolute atomic E-state index is 0.112. The lowest BCUT2D eigenvalue weighted by Crippen LogP contribution is -2.31. The van der Waals surface area contributed by atoms with Gasteiger partial charge in [0.25, 0.3) is 5.91 Å². The van der Waals surface area contributed by atoms with E-state index in [1.807, 2.05) is 48.9 Å². The van der Waals surface area contributed by atoms with E-state index in [0.29, 0.717) is 31.7 Å². The van der Waals surface area contributed by atoms with Gasteiger partial charge >= 0.3 is 0 Å². The molecule has 0 bridgehead atoms. The molecule has 0 aliphatic carbocycles. The Bertz CT molecular complexity index is 972. The predicted octanol–water partition coefficient (Wildman–Crippen LogP) is 4.68. The number of carbonyl (C=O) groups is 1. The number of benzene rings is 1. The maximum Gasteiger partial charge on any atom is 0.254 e. The van der Waals surface area contributed by atoms with Gasteiger partial charge in [-0.25, -0.2) is 8.42 Å². The normalized spacial score (nSPS) is 11.7. The van der Waals surface area contributed by atoms with Crippen molar-refractivity contribution in [3.63, 3.8) is 0 Å². The molecule has 5 nitrogen and oxygen atoms in total. The first-order valence-corrected chi connectivity index (χ1v) is 12.6. The second kappa shape index (κ2) is 9.67. The molecule has 3 rings (SSSR count). The van der Waals surface area contributed by atoms with Crippen LogP contribution in [0.2, 0.25) is 0 Å². The molecule has 2 aromatic heterocycles. The summed E-state index contributed by atoms with van der Waals surface area (Å²) in [5.41, 5.74) is 0.483. The van der Waals surface area contributed by atoms with Crippen molar-refractivity contribution in [2.45, 2.75) is 31.8 Å². The summed E-state index contributed by atoms with van der Waals surface area (Å²) in [6.45, 7) is 5.49. The quantitative estimate of drug-likeness (QED) is 0.477. The van der Waals surface area contributed by atoms with Crippen molar-refractivity contribution >= 4 is 38.6 Å². The van der Waals surface area contributed by atoms with E-state index in [0.717, 1.165) is 9.75 Å². The molecule has 0 saturated carbocycles. The molecule has 1 amide bonds. The van der Waals surface area contributed by atoms with Gasteiger partial charge < -0.3 is 4.90 Å². The summed E-state index contributed by atoms with van der Waals surface area (Å²) in [6, 6.07) is 14.2. The summed E-state index contributed by atoms with van der Waals surface area (Å²) in [6.07, 6.45) is 0. The second-order valence-electron chi connectivity index (χ2n) is 6.43. The number of rotatable bonds is 9. The molecule has 29 heavy (non-hydrogen) atoms. The van der Waals surface area contributed by atoms with E-state index in [2.05, 4.69) is 0 Å². The second-order valence-corrected chi connectivity index (χ2v) is 10.4. The van der Waals surface area contributed by atoms with E-state index < -0.39 is 10.0 Å². The van der Waals surface area contributed by atoms with E-state index in [1.165, 1.54) is 16.4 Å². The highest BCUT2D eigenvalue weighted by Crippen LogP contribution is 2.21.